The molecule has 0 saturated heterocycles. The molecule has 2 N–H and O–H groups in total. The predicted octanol–water partition coefficient (Wildman–Crippen LogP) is 1.95. The third kappa shape index (κ3) is 4.94. The molecule has 1 aromatic carbocycles. The summed E-state index contributed by atoms with van der Waals surface area (Å²) in [5.74, 6) is 1.58. The largest absolute Gasteiger partial charge is 0.497 e. The fraction of sp³-hybridized carbons (Fsp3) is 0.571. The minimum atomic E-state index is 0.0121. The van der Waals surface area contributed by atoms with E-state index in [-0.39, 0.29) is 12.1 Å². The summed E-state index contributed by atoms with van der Waals surface area (Å²) in [4.78, 5) is 0. The maximum atomic E-state index is 8.81. The molecule has 1 aromatic rings. The van der Waals surface area contributed by atoms with Crippen molar-refractivity contribution >= 4 is 0 Å². The zero-order chi connectivity index (χ0) is 13.6. The highest BCUT2D eigenvalue weighted by atomic mass is 16.5. The van der Waals surface area contributed by atoms with Crippen LogP contribution in [0.2, 0.25) is 0 Å². The van der Waals surface area contributed by atoms with E-state index >= 15 is 0 Å². The van der Waals surface area contributed by atoms with Gasteiger partial charge in [0.15, 0.2) is 0 Å². The van der Waals surface area contributed by atoms with Crippen molar-refractivity contribution in [1.29, 1.82) is 0 Å². The van der Waals surface area contributed by atoms with E-state index in [1.54, 1.807) is 7.11 Å². The molecule has 102 valence electrons. The van der Waals surface area contributed by atoms with E-state index in [0.717, 1.165) is 17.1 Å². The summed E-state index contributed by atoms with van der Waals surface area (Å²) >= 11 is 0. The van der Waals surface area contributed by atoms with Crippen molar-refractivity contribution in [3.8, 4) is 11.5 Å². The van der Waals surface area contributed by atoms with Gasteiger partial charge in [0.25, 0.3) is 0 Å². The minimum absolute atomic E-state index is 0.0121. The Morgan fingerprint density at radius 1 is 1.28 bits per heavy atom. The maximum Gasteiger partial charge on any atom is 0.124 e. The second-order valence-corrected chi connectivity index (χ2v) is 5.15. The van der Waals surface area contributed by atoms with E-state index in [0.29, 0.717) is 13.2 Å². The normalized spacial score (nSPS) is 11.4. The van der Waals surface area contributed by atoms with Crippen molar-refractivity contribution in [2.24, 2.45) is 0 Å². The molecule has 18 heavy (non-hydrogen) atoms. The lowest BCUT2D eigenvalue weighted by atomic mass is 10.1. The highest BCUT2D eigenvalue weighted by molar-refractivity contribution is 5.40. The molecule has 0 spiro atoms. The summed E-state index contributed by atoms with van der Waals surface area (Å²) in [7, 11) is 1.64. The third-order valence-electron chi connectivity index (χ3n) is 2.43. The summed E-state index contributed by atoms with van der Waals surface area (Å²) in [5.41, 5.74) is 1.06. The van der Waals surface area contributed by atoms with Crippen LogP contribution in [0.15, 0.2) is 18.2 Å². The zero-order valence-electron chi connectivity index (χ0n) is 11.6. The Kier molecular flexibility index (Phi) is 5.44. The fourth-order valence-electron chi connectivity index (χ4n) is 1.48. The molecule has 0 fully saturated rings. The first-order chi connectivity index (χ1) is 8.46. The topological polar surface area (TPSA) is 50.7 Å². The number of aliphatic hydroxyl groups excluding tert-OH is 1. The van der Waals surface area contributed by atoms with Crippen LogP contribution in [0.3, 0.4) is 0 Å². The molecule has 0 unspecified atom stereocenters. The molecular formula is C14H23NO3. The fourth-order valence-corrected chi connectivity index (χ4v) is 1.48. The Bertz CT molecular complexity index is 372. The van der Waals surface area contributed by atoms with Gasteiger partial charge in [0.1, 0.15) is 18.1 Å². The van der Waals surface area contributed by atoms with Crippen LogP contribution in [0.1, 0.15) is 26.3 Å². The van der Waals surface area contributed by atoms with Crippen molar-refractivity contribution in [1.82, 2.24) is 5.32 Å². The lowest BCUT2D eigenvalue weighted by molar-refractivity contribution is 0.199. The molecule has 0 aliphatic heterocycles. The van der Waals surface area contributed by atoms with Crippen LogP contribution in [0.25, 0.3) is 0 Å². The Morgan fingerprint density at radius 3 is 2.56 bits per heavy atom. The molecule has 0 bridgehead atoms. The summed E-state index contributed by atoms with van der Waals surface area (Å²) in [6.45, 7) is 7.35. The Labute approximate surface area is 109 Å². The average molecular weight is 253 g/mol. The first-order valence-corrected chi connectivity index (χ1v) is 6.12. The van der Waals surface area contributed by atoms with Gasteiger partial charge in [-0.15, -0.1) is 0 Å². The van der Waals surface area contributed by atoms with E-state index in [4.69, 9.17) is 14.6 Å². The van der Waals surface area contributed by atoms with Gasteiger partial charge in [0.2, 0.25) is 0 Å². The van der Waals surface area contributed by atoms with Crippen molar-refractivity contribution in [2.45, 2.75) is 32.9 Å². The van der Waals surface area contributed by atoms with Crippen molar-refractivity contribution < 1.29 is 14.6 Å². The minimum Gasteiger partial charge on any atom is -0.497 e. The molecule has 0 aromatic heterocycles. The number of ether oxygens (including phenoxy) is 2. The number of rotatable bonds is 6. The predicted molar refractivity (Wildman–Crippen MR) is 72.2 cm³/mol. The molecule has 0 aliphatic rings. The Morgan fingerprint density at radius 2 is 2.00 bits per heavy atom. The molecular weight excluding hydrogens is 230 g/mol. The van der Waals surface area contributed by atoms with Crippen molar-refractivity contribution in [3.63, 3.8) is 0 Å². The van der Waals surface area contributed by atoms with E-state index < -0.39 is 0 Å². The van der Waals surface area contributed by atoms with Gasteiger partial charge < -0.3 is 19.9 Å². The molecule has 0 radical (unpaired) electrons. The Hall–Kier alpha value is -1.26. The summed E-state index contributed by atoms with van der Waals surface area (Å²) < 4.78 is 10.7. The second-order valence-electron chi connectivity index (χ2n) is 5.15. The number of hydrogen-bond acceptors (Lipinski definition) is 4. The molecule has 0 aliphatic carbocycles. The lowest BCUT2D eigenvalue weighted by Crippen LogP contribution is -2.35. The molecule has 0 saturated carbocycles. The molecule has 0 amide bonds. The quantitative estimate of drug-likeness (QED) is 0.813. The van der Waals surface area contributed by atoms with Gasteiger partial charge in [-0.3, -0.25) is 0 Å². The molecule has 0 heterocycles. The van der Waals surface area contributed by atoms with Crippen LogP contribution in [0.4, 0.5) is 0 Å². The molecule has 4 heteroatoms. The number of benzene rings is 1. The van der Waals surface area contributed by atoms with Crippen LogP contribution in [-0.4, -0.2) is 31.0 Å². The van der Waals surface area contributed by atoms with Crippen LogP contribution in [0.5, 0.6) is 11.5 Å². The van der Waals surface area contributed by atoms with E-state index in [9.17, 15) is 0 Å². The van der Waals surface area contributed by atoms with Crippen LogP contribution in [-0.2, 0) is 6.54 Å². The van der Waals surface area contributed by atoms with Crippen molar-refractivity contribution in [3.05, 3.63) is 23.8 Å². The average Bonchev–Trinajstić information content (AvgIpc) is 2.33. The first-order valence-electron chi connectivity index (χ1n) is 6.12. The van der Waals surface area contributed by atoms with Gasteiger partial charge >= 0.3 is 0 Å². The van der Waals surface area contributed by atoms with Gasteiger partial charge in [-0.25, -0.2) is 0 Å². The van der Waals surface area contributed by atoms with Gasteiger partial charge in [0.05, 0.1) is 13.7 Å². The smallest absolute Gasteiger partial charge is 0.124 e. The maximum absolute atomic E-state index is 8.81. The highest BCUT2D eigenvalue weighted by Gasteiger charge is 2.12. The lowest BCUT2D eigenvalue weighted by Gasteiger charge is -2.22. The Balaban J connectivity index is 2.82. The van der Waals surface area contributed by atoms with Crippen LogP contribution < -0.4 is 14.8 Å². The number of methoxy groups -OCH3 is 1. The van der Waals surface area contributed by atoms with Crippen LogP contribution in [0, 0.1) is 0 Å². The SMILES string of the molecule is COc1ccc(OCCO)c(CNC(C)(C)C)c1. The standard InChI is InChI=1S/C14H23NO3/c1-14(2,3)15-10-11-9-12(17-4)5-6-13(11)18-8-7-16/h5-6,9,15-16H,7-8,10H2,1-4H3. The number of nitrogens with one attached hydrogen (secondary N) is 1. The van der Waals surface area contributed by atoms with Gasteiger partial charge in [-0.1, -0.05) is 0 Å². The first kappa shape index (κ1) is 14.8. The molecule has 4 nitrogen and oxygen atoms in total. The summed E-state index contributed by atoms with van der Waals surface area (Å²) in [6, 6.07) is 5.67. The van der Waals surface area contributed by atoms with Gasteiger partial charge in [0, 0.05) is 17.6 Å². The highest BCUT2D eigenvalue weighted by Crippen LogP contribution is 2.24. The third-order valence-corrected chi connectivity index (χ3v) is 2.43. The monoisotopic (exact) mass is 253 g/mol. The number of hydrogen-bond donors (Lipinski definition) is 2. The zero-order valence-corrected chi connectivity index (χ0v) is 11.6. The second kappa shape index (κ2) is 6.61. The van der Waals surface area contributed by atoms with E-state index in [1.807, 2.05) is 18.2 Å². The summed E-state index contributed by atoms with van der Waals surface area (Å²) in [6.07, 6.45) is 0. The van der Waals surface area contributed by atoms with E-state index in [1.165, 1.54) is 0 Å². The van der Waals surface area contributed by atoms with Crippen molar-refractivity contribution in [2.75, 3.05) is 20.3 Å². The van der Waals surface area contributed by atoms with Crippen LogP contribution >= 0.6 is 0 Å². The van der Waals surface area contributed by atoms with E-state index in [2.05, 4.69) is 26.1 Å². The summed E-state index contributed by atoms with van der Waals surface area (Å²) in [5, 5.41) is 12.2. The molecule has 0 atom stereocenters. The van der Waals surface area contributed by atoms with Gasteiger partial charge in [-0.2, -0.15) is 0 Å². The number of aliphatic hydroxyl groups is 1. The van der Waals surface area contributed by atoms with Gasteiger partial charge in [-0.05, 0) is 39.0 Å². The molecule has 1 rings (SSSR count).